The lowest BCUT2D eigenvalue weighted by Gasteiger charge is -2.12. The van der Waals surface area contributed by atoms with Crippen molar-refractivity contribution in [3.8, 4) is 11.3 Å². The van der Waals surface area contributed by atoms with Crippen molar-refractivity contribution in [2.24, 2.45) is 0 Å². The fourth-order valence-electron chi connectivity index (χ4n) is 2.26. The second-order valence-electron chi connectivity index (χ2n) is 4.61. The second kappa shape index (κ2) is 4.43. The Labute approximate surface area is 112 Å². The largest absolute Gasteiger partial charge is 0.416 e. The molecular formula is C13H10F3N3O. The van der Waals surface area contributed by atoms with Crippen LogP contribution in [0.5, 0.6) is 0 Å². The van der Waals surface area contributed by atoms with Crippen LogP contribution in [0.1, 0.15) is 28.9 Å². The SMILES string of the molecule is O=C1CCCn2nnc(-c3ccc(C(F)(F)F)cc3)c21. The molecule has 0 radical (unpaired) electrons. The number of aryl methyl sites for hydroxylation is 1. The van der Waals surface area contributed by atoms with E-state index >= 15 is 0 Å². The minimum absolute atomic E-state index is 0.0730. The van der Waals surface area contributed by atoms with Gasteiger partial charge in [-0.1, -0.05) is 17.3 Å². The average molecular weight is 281 g/mol. The van der Waals surface area contributed by atoms with Gasteiger partial charge in [0.15, 0.2) is 5.78 Å². The Morgan fingerprint density at radius 3 is 2.50 bits per heavy atom. The van der Waals surface area contributed by atoms with Crippen LogP contribution in [0.2, 0.25) is 0 Å². The number of fused-ring (bicyclic) bond motifs is 1. The molecule has 0 atom stereocenters. The number of aromatic nitrogens is 3. The number of Topliss-reactive ketones (excluding diaryl/α,β-unsaturated/α-hetero) is 1. The van der Waals surface area contributed by atoms with E-state index in [1.54, 1.807) is 0 Å². The molecule has 0 bridgehead atoms. The van der Waals surface area contributed by atoms with Gasteiger partial charge in [0.25, 0.3) is 0 Å². The molecule has 1 aromatic carbocycles. The van der Waals surface area contributed by atoms with E-state index in [1.807, 2.05) is 0 Å². The topological polar surface area (TPSA) is 47.8 Å². The summed E-state index contributed by atoms with van der Waals surface area (Å²) in [6, 6.07) is 4.59. The molecule has 3 rings (SSSR count). The molecule has 0 spiro atoms. The van der Waals surface area contributed by atoms with E-state index in [2.05, 4.69) is 10.3 Å². The Morgan fingerprint density at radius 2 is 1.85 bits per heavy atom. The first-order chi connectivity index (χ1) is 9.47. The predicted molar refractivity (Wildman–Crippen MR) is 64.0 cm³/mol. The Bertz CT molecular complexity index is 658. The number of hydrogen-bond acceptors (Lipinski definition) is 3. The van der Waals surface area contributed by atoms with Crippen LogP contribution in [-0.4, -0.2) is 20.8 Å². The Balaban J connectivity index is 2.02. The highest BCUT2D eigenvalue weighted by Crippen LogP contribution is 2.32. The number of nitrogens with zero attached hydrogens (tertiary/aromatic N) is 3. The molecule has 4 nitrogen and oxygen atoms in total. The van der Waals surface area contributed by atoms with E-state index in [4.69, 9.17) is 0 Å². The van der Waals surface area contributed by atoms with Crippen molar-refractivity contribution in [2.75, 3.05) is 0 Å². The number of benzene rings is 1. The summed E-state index contributed by atoms with van der Waals surface area (Å²) < 4.78 is 39.0. The van der Waals surface area contributed by atoms with Crippen LogP contribution >= 0.6 is 0 Å². The Kier molecular flexibility index (Phi) is 2.84. The normalized spacial score (nSPS) is 15.2. The van der Waals surface area contributed by atoms with Crippen LogP contribution in [0, 0.1) is 0 Å². The van der Waals surface area contributed by atoms with Crippen molar-refractivity contribution in [1.29, 1.82) is 0 Å². The highest BCUT2D eigenvalue weighted by Gasteiger charge is 2.30. The molecule has 0 N–H and O–H groups in total. The molecule has 0 aliphatic carbocycles. The third-order valence-corrected chi connectivity index (χ3v) is 3.26. The van der Waals surface area contributed by atoms with Gasteiger partial charge in [-0.15, -0.1) is 5.10 Å². The van der Waals surface area contributed by atoms with Crippen molar-refractivity contribution < 1.29 is 18.0 Å². The first-order valence-corrected chi connectivity index (χ1v) is 6.11. The van der Waals surface area contributed by atoms with Crippen molar-refractivity contribution in [2.45, 2.75) is 25.6 Å². The summed E-state index contributed by atoms with van der Waals surface area (Å²) in [5, 5.41) is 7.80. The Morgan fingerprint density at radius 1 is 1.15 bits per heavy atom. The molecule has 0 amide bonds. The molecule has 0 saturated carbocycles. The summed E-state index contributed by atoms with van der Waals surface area (Å²) >= 11 is 0. The van der Waals surface area contributed by atoms with Crippen LogP contribution in [0.3, 0.4) is 0 Å². The first-order valence-electron chi connectivity index (χ1n) is 6.11. The zero-order chi connectivity index (χ0) is 14.3. The summed E-state index contributed by atoms with van der Waals surface area (Å²) in [4.78, 5) is 11.9. The van der Waals surface area contributed by atoms with Crippen molar-refractivity contribution >= 4 is 5.78 Å². The van der Waals surface area contributed by atoms with Crippen LogP contribution < -0.4 is 0 Å². The van der Waals surface area contributed by atoms with E-state index in [1.165, 1.54) is 16.8 Å². The standard InChI is InChI=1S/C13H10F3N3O/c14-13(15,16)9-5-3-8(4-6-9)11-12-10(20)2-1-7-19(12)18-17-11/h3-6H,1-2,7H2. The van der Waals surface area contributed by atoms with Gasteiger partial charge in [0.05, 0.1) is 5.56 Å². The van der Waals surface area contributed by atoms with Gasteiger partial charge in [-0.2, -0.15) is 13.2 Å². The summed E-state index contributed by atoms with van der Waals surface area (Å²) in [5.74, 6) is -0.0730. The summed E-state index contributed by atoms with van der Waals surface area (Å²) in [5.41, 5.74) is 0.475. The highest BCUT2D eigenvalue weighted by molar-refractivity contribution is 6.00. The molecule has 1 aliphatic rings. The van der Waals surface area contributed by atoms with Gasteiger partial charge >= 0.3 is 6.18 Å². The van der Waals surface area contributed by atoms with Gasteiger partial charge in [0, 0.05) is 18.5 Å². The van der Waals surface area contributed by atoms with Crippen molar-refractivity contribution in [1.82, 2.24) is 15.0 Å². The van der Waals surface area contributed by atoms with Gasteiger partial charge in [-0.3, -0.25) is 4.79 Å². The molecule has 1 aliphatic heterocycles. The minimum Gasteiger partial charge on any atom is -0.292 e. The number of alkyl halides is 3. The number of carbonyl (C=O) groups excluding carboxylic acids is 1. The lowest BCUT2D eigenvalue weighted by atomic mass is 10.0. The fraction of sp³-hybridized carbons (Fsp3) is 0.308. The molecule has 104 valence electrons. The molecule has 20 heavy (non-hydrogen) atoms. The zero-order valence-corrected chi connectivity index (χ0v) is 10.3. The monoisotopic (exact) mass is 281 g/mol. The van der Waals surface area contributed by atoms with E-state index in [0.29, 0.717) is 36.3 Å². The Hall–Kier alpha value is -2.18. The molecule has 0 fully saturated rings. The van der Waals surface area contributed by atoms with E-state index in [-0.39, 0.29) is 5.78 Å². The van der Waals surface area contributed by atoms with Gasteiger partial charge < -0.3 is 0 Å². The molecule has 7 heteroatoms. The maximum Gasteiger partial charge on any atom is 0.416 e. The van der Waals surface area contributed by atoms with Gasteiger partial charge in [0.2, 0.25) is 0 Å². The first kappa shape index (κ1) is 12.8. The van der Waals surface area contributed by atoms with E-state index in [0.717, 1.165) is 12.1 Å². The molecule has 0 saturated heterocycles. The lowest BCUT2D eigenvalue weighted by molar-refractivity contribution is -0.137. The number of carbonyl (C=O) groups is 1. The molecule has 2 aromatic rings. The van der Waals surface area contributed by atoms with Crippen LogP contribution in [-0.2, 0) is 12.7 Å². The number of ketones is 1. The van der Waals surface area contributed by atoms with Crippen LogP contribution in [0.15, 0.2) is 24.3 Å². The maximum atomic E-state index is 12.5. The molecule has 2 heterocycles. The minimum atomic E-state index is -4.37. The molecule has 0 unspecified atom stereocenters. The highest BCUT2D eigenvalue weighted by atomic mass is 19.4. The number of halogens is 3. The maximum absolute atomic E-state index is 12.5. The van der Waals surface area contributed by atoms with Crippen molar-refractivity contribution in [3.05, 3.63) is 35.5 Å². The van der Waals surface area contributed by atoms with Gasteiger partial charge in [0.1, 0.15) is 11.4 Å². The fourth-order valence-corrected chi connectivity index (χ4v) is 2.26. The summed E-state index contributed by atoms with van der Waals surface area (Å²) in [6.07, 6.45) is -3.25. The third kappa shape index (κ3) is 2.09. The van der Waals surface area contributed by atoms with Gasteiger partial charge in [-0.05, 0) is 18.6 Å². The smallest absolute Gasteiger partial charge is 0.292 e. The second-order valence-corrected chi connectivity index (χ2v) is 4.61. The van der Waals surface area contributed by atoms with Gasteiger partial charge in [-0.25, -0.2) is 4.68 Å². The summed E-state index contributed by atoms with van der Waals surface area (Å²) in [6.45, 7) is 0.606. The third-order valence-electron chi connectivity index (χ3n) is 3.26. The summed E-state index contributed by atoms with van der Waals surface area (Å²) in [7, 11) is 0. The quantitative estimate of drug-likeness (QED) is 0.807. The number of rotatable bonds is 1. The van der Waals surface area contributed by atoms with E-state index in [9.17, 15) is 18.0 Å². The number of hydrogen-bond donors (Lipinski definition) is 0. The predicted octanol–water partition coefficient (Wildman–Crippen LogP) is 2.94. The lowest BCUT2D eigenvalue weighted by Crippen LogP contribution is -2.17. The van der Waals surface area contributed by atoms with Crippen molar-refractivity contribution in [3.63, 3.8) is 0 Å². The van der Waals surface area contributed by atoms with Crippen LogP contribution in [0.4, 0.5) is 13.2 Å². The van der Waals surface area contributed by atoms with E-state index < -0.39 is 11.7 Å². The molecular weight excluding hydrogens is 271 g/mol. The molecule has 1 aromatic heterocycles. The van der Waals surface area contributed by atoms with Crippen LogP contribution in [0.25, 0.3) is 11.3 Å². The average Bonchev–Trinajstić information content (AvgIpc) is 2.83. The zero-order valence-electron chi connectivity index (χ0n) is 10.3.